The van der Waals surface area contributed by atoms with Gasteiger partial charge < -0.3 is 0 Å². The normalized spacial score (nSPS) is 13.0. The van der Waals surface area contributed by atoms with E-state index in [-0.39, 0.29) is 5.92 Å². The standard InChI is InChI=1S/C26H32/c1-11-20(9)15-24(17(3)4)26(25(18(5)6)19(7)8)23-14-13-22(12-2)16-21(23)10/h2,11,13-16,26H,3,5H2,1,4,6-10H3/b20-11-,24-15+. The van der Waals surface area contributed by atoms with Gasteiger partial charge in [0.1, 0.15) is 0 Å². The van der Waals surface area contributed by atoms with Crippen LogP contribution in [0, 0.1) is 19.3 Å². The summed E-state index contributed by atoms with van der Waals surface area (Å²) in [6.07, 6.45) is 9.95. The van der Waals surface area contributed by atoms with Crippen LogP contribution in [0.3, 0.4) is 0 Å². The summed E-state index contributed by atoms with van der Waals surface area (Å²) in [5.74, 6) is 2.83. The molecular weight excluding hydrogens is 312 g/mol. The molecule has 136 valence electrons. The molecule has 0 fully saturated rings. The third kappa shape index (κ3) is 4.99. The molecule has 1 aromatic carbocycles. The molecule has 1 atom stereocenters. The van der Waals surface area contributed by atoms with Crippen LogP contribution in [-0.2, 0) is 0 Å². The Bertz CT molecular complexity index is 841. The van der Waals surface area contributed by atoms with Gasteiger partial charge in [-0.15, -0.1) is 6.42 Å². The maximum absolute atomic E-state index is 5.59. The quantitative estimate of drug-likeness (QED) is 0.371. The third-order valence-corrected chi connectivity index (χ3v) is 4.68. The summed E-state index contributed by atoms with van der Waals surface area (Å²) in [5, 5.41) is 0. The molecule has 0 aromatic heterocycles. The fourth-order valence-electron chi connectivity index (χ4n) is 3.31. The molecule has 1 aromatic rings. The molecule has 0 saturated heterocycles. The van der Waals surface area contributed by atoms with Crippen LogP contribution in [0.1, 0.15) is 64.2 Å². The molecule has 0 radical (unpaired) electrons. The van der Waals surface area contributed by atoms with Gasteiger partial charge in [-0.2, -0.15) is 0 Å². The molecule has 0 saturated carbocycles. The SMILES string of the molecule is C#Cc1ccc(C(C(C(=C)C)=C(C)C)/C(=C/C(C)=C\C)C(=C)C)c(C)c1. The molecule has 1 unspecified atom stereocenters. The Kier molecular flexibility index (Phi) is 7.66. The van der Waals surface area contributed by atoms with E-state index in [0.717, 1.165) is 16.7 Å². The van der Waals surface area contributed by atoms with E-state index in [9.17, 15) is 0 Å². The zero-order chi connectivity index (χ0) is 20.0. The molecule has 0 aliphatic heterocycles. The van der Waals surface area contributed by atoms with Crippen molar-refractivity contribution in [1.29, 1.82) is 0 Å². The van der Waals surface area contributed by atoms with Crippen molar-refractivity contribution in [1.82, 2.24) is 0 Å². The molecule has 0 heteroatoms. The fraction of sp³-hybridized carbons (Fsp3) is 0.308. The van der Waals surface area contributed by atoms with Gasteiger partial charge in [0.2, 0.25) is 0 Å². The van der Waals surface area contributed by atoms with Crippen LogP contribution in [0.2, 0.25) is 0 Å². The van der Waals surface area contributed by atoms with E-state index in [2.05, 4.69) is 91.8 Å². The van der Waals surface area contributed by atoms with Crippen LogP contribution in [0.4, 0.5) is 0 Å². The van der Waals surface area contributed by atoms with E-state index in [1.165, 1.54) is 33.4 Å². The second-order valence-corrected chi connectivity index (χ2v) is 7.26. The lowest BCUT2D eigenvalue weighted by Crippen LogP contribution is -2.11. The van der Waals surface area contributed by atoms with E-state index < -0.39 is 0 Å². The van der Waals surface area contributed by atoms with Crippen LogP contribution < -0.4 is 0 Å². The summed E-state index contributed by atoms with van der Waals surface area (Å²) >= 11 is 0. The molecule has 0 heterocycles. The molecule has 1 rings (SSSR count). The third-order valence-electron chi connectivity index (χ3n) is 4.68. The minimum absolute atomic E-state index is 0.0942. The fourth-order valence-corrected chi connectivity index (χ4v) is 3.31. The first-order valence-electron chi connectivity index (χ1n) is 9.04. The number of hydrogen-bond donors (Lipinski definition) is 0. The highest BCUT2D eigenvalue weighted by Crippen LogP contribution is 2.41. The Morgan fingerprint density at radius 2 is 1.69 bits per heavy atom. The van der Waals surface area contributed by atoms with Crippen molar-refractivity contribution in [3.8, 4) is 12.3 Å². The van der Waals surface area contributed by atoms with E-state index in [1.807, 2.05) is 6.07 Å². The van der Waals surface area contributed by atoms with Gasteiger partial charge in [-0.25, -0.2) is 0 Å². The summed E-state index contributed by atoms with van der Waals surface area (Å²) < 4.78 is 0. The smallest absolute Gasteiger partial charge is 0.0346 e. The van der Waals surface area contributed by atoms with Gasteiger partial charge in [0.05, 0.1) is 0 Å². The van der Waals surface area contributed by atoms with E-state index >= 15 is 0 Å². The highest BCUT2D eigenvalue weighted by molar-refractivity contribution is 5.56. The molecule has 0 aliphatic carbocycles. The predicted molar refractivity (Wildman–Crippen MR) is 117 cm³/mol. The topological polar surface area (TPSA) is 0 Å². The van der Waals surface area contributed by atoms with Gasteiger partial charge in [0.15, 0.2) is 0 Å². The van der Waals surface area contributed by atoms with Gasteiger partial charge in [0.25, 0.3) is 0 Å². The number of terminal acetylenes is 1. The van der Waals surface area contributed by atoms with E-state index in [4.69, 9.17) is 6.42 Å². The average molecular weight is 345 g/mol. The lowest BCUT2D eigenvalue weighted by Gasteiger charge is -2.28. The summed E-state index contributed by atoms with van der Waals surface area (Å²) in [6, 6.07) is 6.26. The van der Waals surface area contributed by atoms with Crippen LogP contribution in [0.25, 0.3) is 0 Å². The maximum atomic E-state index is 5.59. The Morgan fingerprint density at radius 1 is 1.08 bits per heavy atom. The minimum atomic E-state index is 0.0942. The Labute approximate surface area is 160 Å². The minimum Gasteiger partial charge on any atom is -0.115 e. The predicted octanol–water partition coefficient (Wildman–Crippen LogP) is 7.44. The van der Waals surface area contributed by atoms with Crippen molar-refractivity contribution in [2.45, 2.75) is 54.4 Å². The lowest BCUT2D eigenvalue weighted by atomic mass is 9.75. The van der Waals surface area contributed by atoms with Crippen molar-refractivity contribution in [3.63, 3.8) is 0 Å². The zero-order valence-corrected chi connectivity index (χ0v) is 17.5. The summed E-state index contributed by atoms with van der Waals surface area (Å²) in [4.78, 5) is 0. The molecular formula is C26H32. The Balaban J connectivity index is 3.88. The first kappa shape index (κ1) is 21.5. The summed E-state index contributed by atoms with van der Waals surface area (Å²) in [7, 11) is 0. The highest BCUT2D eigenvalue weighted by Gasteiger charge is 2.25. The molecule has 0 N–H and O–H groups in total. The highest BCUT2D eigenvalue weighted by atomic mass is 14.3. The van der Waals surface area contributed by atoms with Gasteiger partial charge in [0, 0.05) is 11.5 Å². The van der Waals surface area contributed by atoms with Crippen molar-refractivity contribution in [2.75, 3.05) is 0 Å². The number of allylic oxidation sites excluding steroid dienone is 8. The zero-order valence-electron chi connectivity index (χ0n) is 17.5. The van der Waals surface area contributed by atoms with E-state index in [0.29, 0.717) is 0 Å². The van der Waals surface area contributed by atoms with Crippen LogP contribution in [0.5, 0.6) is 0 Å². The van der Waals surface area contributed by atoms with Crippen molar-refractivity contribution in [2.24, 2.45) is 0 Å². The number of rotatable bonds is 6. The molecule has 0 aliphatic rings. The van der Waals surface area contributed by atoms with Crippen molar-refractivity contribution >= 4 is 0 Å². The van der Waals surface area contributed by atoms with Crippen molar-refractivity contribution in [3.05, 3.63) is 93.6 Å². The molecule has 0 bridgehead atoms. The molecule has 0 nitrogen and oxygen atoms in total. The second kappa shape index (κ2) is 9.25. The Hall–Kier alpha value is -2.52. The first-order valence-corrected chi connectivity index (χ1v) is 9.04. The number of aryl methyl sites for hydroxylation is 1. The van der Waals surface area contributed by atoms with Crippen molar-refractivity contribution < 1.29 is 0 Å². The van der Waals surface area contributed by atoms with Crippen LogP contribution in [0.15, 0.2) is 76.9 Å². The van der Waals surface area contributed by atoms with Gasteiger partial charge in [-0.3, -0.25) is 0 Å². The van der Waals surface area contributed by atoms with Crippen LogP contribution >= 0.6 is 0 Å². The maximum Gasteiger partial charge on any atom is 0.0346 e. The van der Waals surface area contributed by atoms with Gasteiger partial charge in [-0.05, 0) is 82.9 Å². The summed E-state index contributed by atoms with van der Waals surface area (Å²) in [5.41, 5.74) is 10.5. The number of hydrogen-bond acceptors (Lipinski definition) is 0. The average Bonchev–Trinajstić information content (AvgIpc) is 2.56. The largest absolute Gasteiger partial charge is 0.115 e. The Morgan fingerprint density at radius 3 is 2.08 bits per heavy atom. The van der Waals surface area contributed by atoms with Gasteiger partial charge in [-0.1, -0.05) is 59.6 Å². The van der Waals surface area contributed by atoms with Gasteiger partial charge >= 0.3 is 0 Å². The molecule has 0 spiro atoms. The molecule has 26 heavy (non-hydrogen) atoms. The monoisotopic (exact) mass is 344 g/mol. The second-order valence-electron chi connectivity index (χ2n) is 7.26. The number of benzene rings is 1. The van der Waals surface area contributed by atoms with Crippen LogP contribution in [-0.4, -0.2) is 0 Å². The first-order chi connectivity index (χ1) is 12.1. The molecule has 0 amide bonds. The van der Waals surface area contributed by atoms with E-state index in [1.54, 1.807) is 0 Å². The lowest BCUT2D eigenvalue weighted by molar-refractivity contribution is 0.904. The summed E-state index contributed by atoms with van der Waals surface area (Å²) in [6.45, 7) is 23.3.